The largest absolute Gasteiger partial charge is 0.327 e. The fourth-order valence-corrected chi connectivity index (χ4v) is 7.47. The van der Waals surface area contributed by atoms with Crippen LogP contribution >= 0.6 is 0 Å². The molecule has 2 aliphatic carbocycles. The minimum atomic E-state index is 0.681. The predicted molar refractivity (Wildman–Crippen MR) is 233 cm³/mol. The quantitative estimate of drug-likeness (QED) is 0.181. The van der Waals surface area contributed by atoms with Crippen LogP contribution in [0, 0.1) is 20.8 Å². The van der Waals surface area contributed by atoms with Gasteiger partial charge in [-0.1, -0.05) is 122 Å². The van der Waals surface area contributed by atoms with Gasteiger partial charge in [-0.15, -0.1) is 0 Å². The lowest BCUT2D eigenvalue weighted by molar-refractivity contribution is 0.359. The van der Waals surface area contributed by atoms with Crippen LogP contribution in [0.5, 0.6) is 0 Å². The first kappa shape index (κ1) is 42.0. The Morgan fingerprint density at radius 1 is 0.463 bits per heavy atom. The average molecular weight is 727 g/mol. The number of aromatic nitrogens is 6. The first-order valence-electron chi connectivity index (χ1n) is 20.8. The van der Waals surface area contributed by atoms with Crippen molar-refractivity contribution in [2.24, 2.45) is 0 Å². The van der Waals surface area contributed by atoms with Gasteiger partial charge in [-0.25, -0.2) is 15.0 Å². The molecule has 3 heterocycles. The van der Waals surface area contributed by atoms with E-state index in [0.717, 1.165) is 23.1 Å². The van der Waals surface area contributed by atoms with Gasteiger partial charge >= 0.3 is 0 Å². The van der Waals surface area contributed by atoms with Gasteiger partial charge < -0.3 is 13.7 Å². The number of hydrogen-bond acceptors (Lipinski definition) is 3. The summed E-state index contributed by atoms with van der Waals surface area (Å²) in [4.78, 5) is 13.4. The molecule has 7 aromatic rings. The molecule has 3 aromatic heterocycles. The SMILES string of the molecule is CC.CC.CC.Cc1ccc2ncn(C3CCCC3)c2c1.Cc1ccc2ncn(C3CCCCC3)c2c1.Cc1ccc2ncn(Cc3ccccc3)c2c1. The highest BCUT2D eigenvalue weighted by Crippen LogP contribution is 2.33. The Bertz CT molecular complexity index is 2090. The Hall–Kier alpha value is -4.71. The number of aryl methyl sites for hydroxylation is 3. The highest BCUT2D eigenvalue weighted by molar-refractivity contribution is 5.77. The van der Waals surface area contributed by atoms with Gasteiger partial charge in [0.15, 0.2) is 0 Å². The molecule has 2 aliphatic rings. The van der Waals surface area contributed by atoms with E-state index in [4.69, 9.17) is 0 Å². The topological polar surface area (TPSA) is 53.5 Å². The molecule has 0 bridgehead atoms. The maximum absolute atomic E-state index is 4.50. The van der Waals surface area contributed by atoms with Crippen molar-refractivity contribution in [2.75, 3.05) is 0 Å². The summed E-state index contributed by atoms with van der Waals surface area (Å²) < 4.78 is 6.95. The zero-order chi connectivity index (χ0) is 38.9. The molecule has 2 fully saturated rings. The van der Waals surface area contributed by atoms with E-state index in [-0.39, 0.29) is 0 Å². The maximum Gasteiger partial charge on any atom is 0.0961 e. The minimum absolute atomic E-state index is 0.681. The molecule has 0 radical (unpaired) electrons. The standard InChI is InChI=1S/C15H14N2.C14H18N2.C13H16N2.3C2H6/c1-12-7-8-14-15(9-12)17(11-16-14)10-13-5-3-2-4-6-13;1-11-7-8-13-14(9-11)16(10-15-13)12-5-3-2-4-6-12;1-10-6-7-12-13(8-10)15(9-14-12)11-4-2-3-5-11;3*1-2/h2-9,11H,10H2,1H3;7-10,12H,2-6H2,1H3;6-9,11H,2-5H2,1H3;3*1-2H3. The Kier molecular flexibility index (Phi) is 17.0. The van der Waals surface area contributed by atoms with E-state index in [1.807, 2.05) is 66.6 Å². The zero-order valence-corrected chi connectivity index (χ0v) is 34.7. The normalized spacial score (nSPS) is 14.0. The van der Waals surface area contributed by atoms with E-state index in [9.17, 15) is 0 Å². The van der Waals surface area contributed by atoms with E-state index in [2.05, 4.69) is 128 Å². The molecule has 0 aliphatic heterocycles. The smallest absolute Gasteiger partial charge is 0.0961 e. The molecule has 0 atom stereocenters. The van der Waals surface area contributed by atoms with Gasteiger partial charge in [-0.05, 0) is 105 Å². The lowest BCUT2D eigenvalue weighted by Gasteiger charge is -2.23. The first-order valence-corrected chi connectivity index (χ1v) is 20.8. The van der Waals surface area contributed by atoms with Gasteiger partial charge in [-0.3, -0.25) is 0 Å². The summed E-state index contributed by atoms with van der Waals surface area (Å²) in [7, 11) is 0. The molecule has 0 spiro atoms. The Balaban J connectivity index is 0.000000169. The van der Waals surface area contributed by atoms with Crippen LogP contribution in [0.15, 0.2) is 104 Å². The summed E-state index contributed by atoms with van der Waals surface area (Å²) in [5.74, 6) is 0. The highest BCUT2D eigenvalue weighted by Gasteiger charge is 2.19. The van der Waals surface area contributed by atoms with E-state index in [1.165, 1.54) is 96.6 Å². The summed E-state index contributed by atoms with van der Waals surface area (Å²) in [5, 5.41) is 0. The van der Waals surface area contributed by atoms with Crippen molar-refractivity contribution in [3.05, 3.63) is 126 Å². The summed E-state index contributed by atoms with van der Waals surface area (Å²) in [6, 6.07) is 31.2. The van der Waals surface area contributed by atoms with Crippen molar-refractivity contribution in [3.8, 4) is 0 Å². The highest BCUT2D eigenvalue weighted by atomic mass is 15.1. The first-order chi connectivity index (χ1) is 26.5. The Morgan fingerprint density at radius 3 is 1.31 bits per heavy atom. The van der Waals surface area contributed by atoms with Gasteiger partial charge in [0.2, 0.25) is 0 Å². The van der Waals surface area contributed by atoms with Crippen molar-refractivity contribution in [2.45, 2.75) is 139 Å². The lowest BCUT2D eigenvalue weighted by Crippen LogP contribution is -2.11. The zero-order valence-electron chi connectivity index (χ0n) is 34.7. The Morgan fingerprint density at radius 2 is 0.852 bits per heavy atom. The van der Waals surface area contributed by atoms with Crippen molar-refractivity contribution < 1.29 is 0 Å². The van der Waals surface area contributed by atoms with E-state index >= 15 is 0 Å². The van der Waals surface area contributed by atoms with Crippen LogP contribution < -0.4 is 0 Å². The van der Waals surface area contributed by atoms with Crippen LogP contribution in [0.25, 0.3) is 33.1 Å². The third kappa shape index (κ3) is 10.9. The van der Waals surface area contributed by atoms with Crippen LogP contribution in [0.3, 0.4) is 0 Å². The third-order valence-electron chi connectivity index (χ3n) is 10.1. The number of imidazole rings is 3. The van der Waals surface area contributed by atoms with Crippen LogP contribution in [0.1, 0.15) is 134 Å². The molecular weight excluding hydrogens is 661 g/mol. The second-order valence-electron chi connectivity index (χ2n) is 13.9. The van der Waals surface area contributed by atoms with Crippen LogP contribution in [-0.4, -0.2) is 28.7 Å². The predicted octanol–water partition coefficient (Wildman–Crippen LogP) is 13.8. The van der Waals surface area contributed by atoms with E-state index in [1.54, 1.807) is 0 Å². The average Bonchev–Trinajstić information content (AvgIpc) is 4.06. The summed E-state index contributed by atoms with van der Waals surface area (Å²) in [6.07, 6.45) is 18.1. The summed E-state index contributed by atoms with van der Waals surface area (Å²) >= 11 is 0. The van der Waals surface area contributed by atoms with Gasteiger partial charge in [0.25, 0.3) is 0 Å². The second-order valence-corrected chi connectivity index (χ2v) is 13.9. The molecule has 54 heavy (non-hydrogen) atoms. The van der Waals surface area contributed by atoms with Crippen molar-refractivity contribution in [1.29, 1.82) is 0 Å². The van der Waals surface area contributed by atoms with Crippen LogP contribution in [-0.2, 0) is 6.54 Å². The summed E-state index contributed by atoms with van der Waals surface area (Å²) in [6.45, 7) is 19.3. The molecule has 0 saturated heterocycles. The van der Waals surface area contributed by atoms with Gasteiger partial charge in [0, 0.05) is 18.6 Å². The molecule has 288 valence electrons. The fourth-order valence-electron chi connectivity index (χ4n) is 7.47. The molecule has 9 rings (SSSR count). The molecule has 4 aromatic carbocycles. The molecule has 0 amide bonds. The molecular formula is C48H66N6. The van der Waals surface area contributed by atoms with Crippen molar-refractivity contribution in [3.63, 3.8) is 0 Å². The van der Waals surface area contributed by atoms with Crippen molar-refractivity contribution in [1.82, 2.24) is 28.7 Å². The monoisotopic (exact) mass is 727 g/mol. The van der Waals surface area contributed by atoms with Crippen LogP contribution in [0.2, 0.25) is 0 Å². The van der Waals surface area contributed by atoms with E-state index in [0.29, 0.717) is 12.1 Å². The molecule has 2 saturated carbocycles. The fraction of sp³-hybridized carbons (Fsp3) is 0.438. The van der Waals surface area contributed by atoms with Crippen LogP contribution in [0.4, 0.5) is 0 Å². The number of fused-ring (bicyclic) bond motifs is 3. The summed E-state index contributed by atoms with van der Waals surface area (Å²) in [5.41, 5.74) is 12.4. The van der Waals surface area contributed by atoms with Crippen molar-refractivity contribution >= 4 is 33.1 Å². The minimum Gasteiger partial charge on any atom is -0.327 e. The number of rotatable bonds is 4. The van der Waals surface area contributed by atoms with E-state index < -0.39 is 0 Å². The molecule has 6 nitrogen and oxygen atoms in total. The molecule has 0 N–H and O–H groups in total. The number of benzene rings is 4. The maximum atomic E-state index is 4.50. The Labute approximate surface area is 325 Å². The number of nitrogens with zero attached hydrogens (tertiary/aromatic N) is 6. The lowest BCUT2D eigenvalue weighted by atomic mass is 9.95. The third-order valence-corrected chi connectivity index (χ3v) is 10.1. The number of hydrogen-bond donors (Lipinski definition) is 0. The van der Waals surface area contributed by atoms with Gasteiger partial charge in [0.05, 0.1) is 52.1 Å². The second kappa shape index (κ2) is 21.9. The van der Waals surface area contributed by atoms with Gasteiger partial charge in [0.1, 0.15) is 0 Å². The molecule has 6 heteroatoms. The molecule has 0 unspecified atom stereocenters. The van der Waals surface area contributed by atoms with Gasteiger partial charge in [-0.2, -0.15) is 0 Å².